The summed E-state index contributed by atoms with van der Waals surface area (Å²) in [5, 5.41) is 17.6. The van der Waals surface area contributed by atoms with Crippen molar-refractivity contribution in [1.82, 2.24) is 20.1 Å². The van der Waals surface area contributed by atoms with Crippen LogP contribution in [-0.4, -0.2) is 39.4 Å². The Morgan fingerprint density at radius 2 is 1.73 bits per heavy atom. The van der Waals surface area contributed by atoms with Crippen molar-refractivity contribution >= 4 is 40.0 Å². The first kappa shape index (κ1) is 26.2. The van der Waals surface area contributed by atoms with Crippen molar-refractivity contribution in [3.63, 3.8) is 0 Å². The van der Waals surface area contributed by atoms with Crippen LogP contribution in [0.1, 0.15) is 43.0 Å². The molecule has 0 radical (unpaired) electrons. The van der Waals surface area contributed by atoms with Crippen molar-refractivity contribution in [2.24, 2.45) is 5.92 Å². The molecule has 2 N–H and O–H groups in total. The van der Waals surface area contributed by atoms with Gasteiger partial charge in [-0.1, -0.05) is 62.0 Å². The molecule has 4 aromatic rings. The van der Waals surface area contributed by atoms with Gasteiger partial charge in [-0.3, -0.25) is 9.59 Å². The summed E-state index contributed by atoms with van der Waals surface area (Å²) in [5.74, 6) is 1.29. The van der Waals surface area contributed by atoms with Gasteiger partial charge in [0.15, 0.2) is 11.0 Å². The molecule has 0 spiro atoms. The number of amides is 2. The van der Waals surface area contributed by atoms with Gasteiger partial charge < -0.3 is 19.9 Å². The Hall–Kier alpha value is -3.85. The molecule has 0 saturated heterocycles. The highest BCUT2D eigenvalue weighted by Gasteiger charge is 2.26. The Morgan fingerprint density at radius 3 is 2.43 bits per heavy atom. The molecule has 0 bridgehead atoms. The molecule has 1 unspecified atom stereocenters. The standard InChI is InChI=1S/C28H31N5O3S/c1-5-33-26(25(18(2)3)30-27(35)20-13-15-21(36-4)16-14-20)31-32-28(33)37-17-24(34)29-23-12-8-10-19-9-6-7-11-22(19)23/h6-16,18,25H,5,17H2,1-4H3,(H,29,34)(H,30,35). The van der Waals surface area contributed by atoms with Crippen LogP contribution in [0.2, 0.25) is 0 Å². The largest absolute Gasteiger partial charge is 0.497 e. The van der Waals surface area contributed by atoms with Gasteiger partial charge in [0, 0.05) is 23.2 Å². The van der Waals surface area contributed by atoms with Crippen molar-refractivity contribution in [3.05, 3.63) is 78.1 Å². The third kappa shape index (κ3) is 6.11. The number of ether oxygens (including phenoxy) is 1. The highest BCUT2D eigenvalue weighted by molar-refractivity contribution is 7.99. The zero-order valence-corrected chi connectivity index (χ0v) is 22.2. The van der Waals surface area contributed by atoms with Crippen LogP contribution in [0.3, 0.4) is 0 Å². The molecule has 4 rings (SSSR count). The third-order valence-corrected chi connectivity index (χ3v) is 7.01. The molecule has 1 heterocycles. The Morgan fingerprint density at radius 1 is 1.00 bits per heavy atom. The predicted octanol–water partition coefficient (Wildman–Crippen LogP) is 5.32. The van der Waals surface area contributed by atoms with Gasteiger partial charge in [0.05, 0.1) is 18.9 Å². The topological polar surface area (TPSA) is 98.1 Å². The Labute approximate surface area is 220 Å². The van der Waals surface area contributed by atoms with E-state index in [1.165, 1.54) is 11.8 Å². The molecule has 9 heteroatoms. The van der Waals surface area contributed by atoms with Gasteiger partial charge in [0.1, 0.15) is 5.75 Å². The van der Waals surface area contributed by atoms with Gasteiger partial charge in [-0.25, -0.2) is 0 Å². The molecular formula is C28H31N5O3S. The number of benzene rings is 3. The molecular weight excluding hydrogens is 486 g/mol. The lowest BCUT2D eigenvalue weighted by Gasteiger charge is -2.22. The van der Waals surface area contributed by atoms with Crippen LogP contribution in [-0.2, 0) is 11.3 Å². The number of fused-ring (bicyclic) bond motifs is 1. The summed E-state index contributed by atoms with van der Waals surface area (Å²) in [4.78, 5) is 25.7. The normalized spacial score (nSPS) is 11.9. The van der Waals surface area contributed by atoms with E-state index in [1.54, 1.807) is 31.4 Å². The van der Waals surface area contributed by atoms with Crippen molar-refractivity contribution < 1.29 is 14.3 Å². The second-order valence-corrected chi connectivity index (χ2v) is 9.81. The zero-order chi connectivity index (χ0) is 26.4. The molecule has 192 valence electrons. The Bertz CT molecular complexity index is 1380. The van der Waals surface area contributed by atoms with Crippen molar-refractivity contribution in [2.75, 3.05) is 18.2 Å². The lowest BCUT2D eigenvalue weighted by Crippen LogP contribution is -2.33. The summed E-state index contributed by atoms with van der Waals surface area (Å²) in [5.41, 5.74) is 1.32. The van der Waals surface area contributed by atoms with E-state index in [0.29, 0.717) is 28.8 Å². The van der Waals surface area contributed by atoms with E-state index >= 15 is 0 Å². The van der Waals surface area contributed by atoms with E-state index in [-0.39, 0.29) is 29.5 Å². The summed E-state index contributed by atoms with van der Waals surface area (Å²) in [6, 6.07) is 20.4. The number of nitrogens with one attached hydrogen (secondary N) is 2. The van der Waals surface area contributed by atoms with Crippen LogP contribution >= 0.6 is 11.8 Å². The number of thioether (sulfide) groups is 1. The van der Waals surface area contributed by atoms with Crippen LogP contribution in [0.4, 0.5) is 5.69 Å². The molecule has 0 aliphatic carbocycles. The minimum absolute atomic E-state index is 0.0733. The molecule has 0 aliphatic rings. The first-order valence-corrected chi connectivity index (χ1v) is 13.2. The van der Waals surface area contributed by atoms with E-state index < -0.39 is 0 Å². The van der Waals surface area contributed by atoms with Crippen molar-refractivity contribution in [1.29, 1.82) is 0 Å². The van der Waals surface area contributed by atoms with Crippen molar-refractivity contribution in [2.45, 2.75) is 38.5 Å². The number of anilines is 1. The Kier molecular flexibility index (Phi) is 8.45. The molecule has 0 fully saturated rings. The fourth-order valence-electron chi connectivity index (χ4n) is 4.08. The van der Waals surface area contributed by atoms with Gasteiger partial charge >= 0.3 is 0 Å². The summed E-state index contributed by atoms with van der Waals surface area (Å²) < 4.78 is 7.13. The quantitative estimate of drug-likeness (QED) is 0.276. The maximum Gasteiger partial charge on any atom is 0.251 e. The van der Waals surface area contributed by atoms with Crippen LogP contribution in [0.25, 0.3) is 10.8 Å². The number of rotatable bonds is 10. The summed E-state index contributed by atoms with van der Waals surface area (Å²) in [6.07, 6.45) is 0. The minimum Gasteiger partial charge on any atom is -0.497 e. The van der Waals surface area contributed by atoms with Crippen LogP contribution in [0.5, 0.6) is 5.75 Å². The highest BCUT2D eigenvalue weighted by Crippen LogP contribution is 2.27. The molecule has 37 heavy (non-hydrogen) atoms. The fraction of sp³-hybridized carbons (Fsp3) is 0.286. The van der Waals surface area contributed by atoms with Gasteiger partial charge in [0.2, 0.25) is 5.91 Å². The SMILES string of the molecule is CCn1c(SCC(=O)Nc2cccc3ccccc23)nnc1C(NC(=O)c1ccc(OC)cc1)C(C)C. The number of carbonyl (C=O) groups excluding carboxylic acids is 2. The van der Waals surface area contributed by atoms with E-state index in [2.05, 4.69) is 20.8 Å². The molecule has 2 amide bonds. The predicted molar refractivity (Wildman–Crippen MR) is 147 cm³/mol. The number of carbonyl (C=O) groups is 2. The number of methoxy groups -OCH3 is 1. The van der Waals surface area contributed by atoms with Crippen molar-refractivity contribution in [3.8, 4) is 5.75 Å². The minimum atomic E-state index is -0.346. The van der Waals surface area contributed by atoms with E-state index in [9.17, 15) is 9.59 Å². The average molecular weight is 518 g/mol. The second-order valence-electron chi connectivity index (χ2n) is 8.87. The third-order valence-electron chi connectivity index (χ3n) is 6.04. The number of aromatic nitrogens is 3. The summed E-state index contributed by atoms with van der Waals surface area (Å²) in [7, 11) is 1.59. The summed E-state index contributed by atoms with van der Waals surface area (Å²) in [6.45, 7) is 6.66. The molecule has 0 saturated carbocycles. The Balaban J connectivity index is 1.45. The lowest BCUT2D eigenvalue weighted by atomic mass is 10.0. The van der Waals surface area contributed by atoms with Gasteiger partial charge in [0.25, 0.3) is 5.91 Å². The van der Waals surface area contributed by atoms with Crippen LogP contribution in [0.15, 0.2) is 71.9 Å². The number of nitrogens with zero attached hydrogens (tertiary/aromatic N) is 3. The smallest absolute Gasteiger partial charge is 0.251 e. The van der Waals surface area contributed by atoms with Gasteiger partial charge in [-0.15, -0.1) is 10.2 Å². The highest BCUT2D eigenvalue weighted by atomic mass is 32.2. The van der Waals surface area contributed by atoms with E-state index in [0.717, 1.165) is 16.5 Å². The second kappa shape index (κ2) is 11.9. The molecule has 1 atom stereocenters. The van der Waals surface area contributed by atoms with Gasteiger partial charge in [-0.05, 0) is 48.6 Å². The fourth-order valence-corrected chi connectivity index (χ4v) is 4.89. The van der Waals surface area contributed by atoms with E-state index in [4.69, 9.17) is 4.74 Å². The lowest BCUT2D eigenvalue weighted by molar-refractivity contribution is -0.113. The zero-order valence-electron chi connectivity index (χ0n) is 21.4. The average Bonchev–Trinajstić information content (AvgIpc) is 3.33. The van der Waals surface area contributed by atoms with E-state index in [1.807, 2.05) is 67.8 Å². The summed E-state index contributed by atoms with van der Waals surface area (Å²) >= 11 is 1.32. The maximum atomic E-state index is 13.0. The maximum absolute atomic E-state index is 13.0. The van der Waals surface area contributed by atoms with Crippen LogP contribution in [0, 0.1) is 5.92 Å². The first-order valence-electron chi connectivity index (χ1n) is 12.2. The molecule has 8 nitrogen and oxygen atoms in total. The van der Waals surface area contributed by atoms with Gasteiger partial charge in [-0.2, -0.15) is 0 Å². The first-order chi connectivity index (χ1) is 17.9. The molecule has 0 aliphatic heterocycles. The van der Waals surface area contributed by atoms with Crippen LogP contribution < -0.4 is 15.4 Å². The number of hydrogen-bond acceptors (Lipinski definition) is 6. The monoisotopic (exact) mass is 517 g/mol. The molecule has 3 aromatic carbocycles. The number of hydrogen-bond donors (Lipinski definition) is 2. The molecule has 1 aromatic heterocycles.